The first kappa shape index (κ1) is 14.8. The third-order valence-corrected chi connectivity index (χ3v) is 2.50. The van der Waals surface area contributed by atoms with Gasteiger partial charge in [-0.2, -0.15) is 0 Å². The van der Waals surface area contributed by atoms with Crippen LogP contribution in [0.2, 0.25) is 0 Å². The molecule has 0 aliphatic heterocycles. The second kappa shape index (κ2) is 7.25. The minimum Gasteiger partial charge on any atom is -0.497 e. The molecule has 0 saturated heterocycles. The average molecular weight is 267 g/mol. The Labute approximate surface area is 111 Å². The van der Waals surface area contributed by atoms with E-state index in [0.717, 1.165) is 0 Å². The molecule has 0 radical (unpaired) electrons. The molecule has 0 spiro atoms. The number of aromatic carboxylic acids is 1. The minimum absolute atomic E-state index is 0.0701. The molecule has 0 aromatic heterocycles. The van der Waals surface area contributed by atoms with Gasteiger partial charge in [0.05, 0.1) is 13.7 Å². The van der Waals surface area contributed by atoms with Crippen molar-refractivity contribution in [1.82, 2.24) is 5.32 Å². The zero-order chi connectivity index (χ0) is 14.3. The van der Waals surface area contributed by atoms with Crippen molar-refractivity contribution in [2.75, 3.05) is 20.8 Å². The number of carboxylic acid groups (broad SMARTS) is 1. The summed E-state index contributed by atoms with van der Waals surface area (Å²) in [7, 11) is 3.05. The molecule has 0 atom stereocenters. The summed E-state index contributed by atoms with van der Waals surface area (Å²) >= 11 is 0. The largest absolute Gasteiger partial charge is 0.497 e. The number of rotatable bonds is 7. The smallest absolute Gasteiger partial charge is 0.339 e. The second-order valence-corrected chi connectivity index (χ2v) is 3.79. The number of benzene rings is 1. The van der Waals surface area contributed by atoms with Gasteiger partial charge in [-0.15, -0.1) is 0 Å². The number of hydrogen-bond donors (Lipinski definition) is 2. The Bertz CT molecular complexity index is 458. The maximum Gasteiger partial charge on any atom is 0.339 e. The molecule has 104 valence electrons. The van der Waals surface area contributed by atoms with E-state index in [0.29, 0.717) is 18.6 Å². The molecule has 1 amide bonds. The standard InChI is InChI=1S/C13H17NO5/c1-14-12(15)4-3-7-19-11-8-9(18-2)5-6-10(11)13(16)17/h5-6,8H,3-4,7H2,1-2H3,(H,14,15)(H,16,17). The summed E-state index contributed by atoms with van der Waals surface area (Å²) in [6.07, 6.45) is 0.846. The molecule has 0 unspecified atom stereocenters. The maximum absolute atomic E-state index is 11.0. The molecule has 19 heavy (non-hydrogen) atoms. The van der Waals surface area contributed by atoms with Crippen LogP contribution in [-0.4, -0.2) is 37.7 Å². The summed E-state index contributed by atoms with van der Waals surface area (Å²) in [5, 5.41) is 11.5. The molecule has 1 rings (SSSR count). The Hall–Kier alpha value is -2.24. The summed E-state index contributed by atoms with van der Waals surface area (Å²) in [6.45, 7) is 0.265. The lowest BCUT2D eigenvalue weighted by Gasteiger charge is -2.10. The van der Waals surface area contributed by atoms with Crippen molar-refractivity contribution >= 4 is 11.9 Å². The van der Waals surface area contributed by atoms with Gasteiger partial charge in [0, 0.05) is 19.5 Å². The van der Waals surface area contributed by atoms with Gasteiger partial charge >= 0.3 is 5.97 Å². The molecule has 0 aliphatic rings. The van der Waals surface area contributed by atoms with E-state index in [-0.39, 0.29) is 23.8 Å². The molecule has 6 heteroatoms. The Balaban J connectivity index is 2.64. The summed E-state index contributed by atoms with van der Waals surface area (Å²) in [6, 6.07) is 4.50. The van der Waals surface area contributed by atoms with Crippen LogP contribution in [0.15, 0.2) is 18.2 Å². The van der Waals surface area contributed by atoms with Crippen LogP contribution in [0.25, 0.3) is 0 Å². The van der Waals surface area contributed by atoms with Gasteiger partial charge < -0.3 is 19.9 Å². The molecular weight excluding hydrogens is 250 g/mol. The van der Waals surface area contributed by atoms with Gasteiger partial charge in [-0.1, -0.05) is 0 Å². The number of nitrogens with one attached hydrogen (secondary N) is 1. The maximum atomic E-state index is 11.0. The van der Waals surface area contributed by atoms with Crippen molar-refractivity contribution in [2.24, 2.45) is 0 Å². The summed E-state index contributed by atoms with van der Waals surface area (Å²) in [5.74, 6) is -0.383. The molecule has 1 aromatic rings. The van der Waals surface area contributed by atoms with E-state index < -0.39 is 5.97 Å². The predicted molar refractivity (Wildman–Crippen MR) is 68.7 cm³/mol. The van der Waals surface area contributed by atoms with Crippen LogP contribution in [0.3, 0.4) is 0 Å². The molecular formula is C13H17NO5. The molecule has 0 fully saturated rings. The number of hydrogen-bond acceptors (Lipinski definition) is 4. The number of carboxylic acids is 1. The fourth-order valence-corrected chi connectivity index (χ4v) is 1.47. The van der Waals surface area contributed by atoms with Crippen LogP contribution in [0.1, 0.15) is 23.2 Å². The van der Waals surface area contributed by atoms with Crippen molar-refractivity contribution < 1.29 is 24.2 Å². The highest BCUT2D eigenvalue weighted by Gasteiger charge is 2.12. The van der Waals surface area contributed by atoms with Gasteiger partial charge in [-0.3, -0.25) is 4.79 Å². The normalized spacial score (nSPS) is 9.79. The van der Waals surface area contributed by atoms with E-state index in [4.69, 9.17) is 14.6 Å². The van der Waals surface area contributed by atoms with Crippen LogP contribution in [0.5, 0.6) is 11.5 Å². The van der Waals surface area contributed by atoms with E-state index in [1.54, 1.807) is 13.1 Å². The van der Waals surface area contributed by atoms with E-state index in [1.807, 2.05) is 0 Å². The third kappa shape index (κ3) is 4.50. The van der Waals surface area contributed by atoms with Gasteiger partial charge in [0.15, 0.2) is 0 Å². The first-order valence-electron chi connectivity index (χ1n) is 5.83. The van der Waals surface area contributed by atoms with Gasteiger partial charge in [0.2, 0.25) is 5.91 Å². The number of carbonyl (C=O) groups excluding carboxylic acids is 1. The summed E-state index contributed by atoms with van der Waals surface area (Å²) in [4.78, 5) is 22.0. The van der Waals surface area contributed by atoms with E-state index in [1.165, 1.54) is 19.2 Å². The van der Waals surface area contributed by atoms with Crippen molar-refractivity contribution in [2.45, 2.75) is 12.8 Å². The Morgan fingerprint density at radius 3 is 2.68 bits per heavy atom. The van der Waals surface area contributed by atoms with Crippen molar-refractivity contribution in [3.8, 4) is 11.5 Å². The van der Waals surface area contributed by atoms with Crippen molar-refractivity contribution in [1.29, 1.82) is 0 Å². The molecule has 6 nitrogen and oxygen atoms in total. The number of carbonyl (C=O) groups is 2. The minimum atomic E-state index is -1.07. The third-order valence-electron chi connectivity index (χ3n) is 2.50. The lowest BCUT2D eigenvalue weighted by atomic mass is 10.2. The van der Waals surface area contributed by atoms with Crippen molar-refractivity contribution in [3.05, 3.63) is 23.8 Å². The monoisotopic (exact) mass is 267 g/mol. The Morgan fingerprint density at radius 2 is 2.11 bits per heavy atom. The fourth-order valence-electron chi connectivity index (χ4n) is 1.47. The fraction of sp³-hybridized carbons (Fsp3) is 0.385. The first-order chi connectivity index (χ1) is 9.08. The quantitative estimate of drug-likeness (QED) is 0.727. The number of ether oxygens (including phenoxy) is 2. The van der Waals surface area contributed by atoms with E-state index in [9.17, 15) is 9.59 Å². The SMILES string of the molecule is CNC(=O)CCCOc1cc(OC)ccc1C(=O)O. The second-order valence-electron chi connectivity index (χ2n) is 3.79. The molecule has 1 aromatic carbocycles. The zero-order valence-corrected chi connectivity index (χ0v) is 10.9. The molecule has 2 N–H and O–H groups in total. The van der Waals surface area contributed by atoms with Gasteiger partial charge in [-0.05, 0) is 18.6 Å². The number of amides is 1. The summed E-state index contributed by atoms with van der Waals surface area (Å²) in [5.41, 5.74) is 0.0701. The molecule has 0 heterocycles. The topological polar surface area (TPSA) is 84.9 Å². The highest BCUT2D eigenvalue weighted by Crippen LogP contribution is 2.25. The predicted octanol–water partition coefficient (Wildman–Crippen LogP) is 1.30. The highest BCUT2D eigenvalue weighted by atomic mass is 16.5. The Kier molecular flexibility index (Phi) is 5.66. The van der Waals surface area contributed by atoms with Crippen molar-refractivity contribution in [3.63, 3.8) is 0 Å². The van der Waals surface area contributed by atoms with Crippen LogP contribution < -0.4 is 14.8 Å². The Morgan fingerprint density at radius 1 is 1.37 bits per heavy atom. The van der Waals surface area contributed by atoms with Crippen LogP contribution in [0, 0.1) is 0 Å². The zero-order valence-electron chi connectivity index (χ0n) is 10.9. The average Bonchev–Trinajstić information content (AvgIpc) is 2.42. The van der Waals surface area contributed by atoms with Crippen LogP contribution in [-0.2, 0) is 4.79 Å². The van der Waals surface area contributed by atoms with E-state index in [2.05, 4.69) is 5.32 Å². The van der Waals surface area contributed by atoms with E-state index >= 15 is 0 Å². The van der Waals surface area contributed by atoms with Gasteiger partial charge in [0.25, 0.3) is 0 Å². The van der Waals surface area contributed by atoms with Crippen LogP contribution in [0.4, 0.5) is 0 Å². The highest BCUT2D eigenvalue weighted by molar-refractivity contribution is 5.91. The van der Waals surface area contributed by atoms with Gasteiger partial charge in [-0.25, -0.2) is 4.79 Å². The molecule has 0 aliphatic carbocycles. The molecule has 0 bridgehead atoms. The van der Waals surface area contributed by atoms with Crippen LogP contribution >= 0.6 is 0 Å². The summed E-state index contributed by atoms with van der Waals surface area (Å²) < 4.78 is 10.4. The van der Waals surface area contributed by atoms with Gasteiger partial charge in [0.1, 0.15) is 17.1 Å². The lowest BCUT2D eigenvalue weighted by molar-refractivity contribution is -0.120. The molecule has 0 saturated carbocycles. The first-order valence-corrected chi connectivity index (χ1v) is 5.83. The number of methoxy groups -OCH3 is 1. The lowest BCUT2D eigenvalue weighted by Crippen LogP contribution is -2.18.